The van der Waals surface area contributed by atoms with E-state index in [2.05, 4.69) is 0 Å². The van der Waals surface area contributed by atoms with Gasteiger partial charge in [0.15, 0.2) is 11.4 Å². The lowest BCUT2D eigenvalue weighted by atomic mass is 10.0. The Morgan fingerprint density at radius 2 is 1.38 bits per heavy atom. The standard InChI is InChI=1S/C20H21ClO4.ClH/c1-13(2)24-19(23)20(3,4)25-17-11-7-15(8-12-17)18(22)14-5-9-16(21)10-6-14;/h5-13H,1-4H3;1H. The predicted molar refractivity (Wildman–Crippen MR) is 105 cm³/mol. The number of carbonyl (C=O) groups is 2. The molecule has 0 amide bonds. The first-order valence-electron chi connectivity index (χ1n) is 7.99. The Kier molecular flexibility index (Phi) is 7.67. The van der Waals surface area contributed by atoms with Crippen LogP contribution in [-0.2, 0) is 9.53 Å². The van der Waals surface area contributed by atoms with Crippen LogP contribution >= 0.6 is 24.0 Å². The highest BCUT2D eigenvalue weighted by atomic mass is 35.5. The van der Waals surface area contributed by atoms with Gasteiger partial charge in [-0.15, -0.1) is 12.4 Å². The lowest BCUT2D eigenvalue weighted by molar-refractivity contribution is -0.163. The summed E-state index contributed by atoms with van der Waals surface area (Å²) < 4.78 is 10.9. The number of ketones is 1. The first-order chi connectivity index (χ1) is 11.7. The van der Waals surface area contributed by atoms with Crippen molar-refractivity contribution in [3.05, 3.63) is 64.7 Å². The number of esters is 1. The van der Waals surface area contributed by atoms with Crippen molar-refractivity contribution in [2.45, 2.75) is 39.4 Å². The van der Waals surface area contributed by atoms with Crippen LogP contribution in [0.3, 0.4) is 0 Å². The second kappa shape index (κ2) is 9.06. The Labute approximate surface area is 164 Å². The van der Waals surface area contributed by atoms with Gasteiger partial charge in [0.25, 0.3) is 0 Å². The summed E-state index contributed by atoms with van der Waals surface area (Å²) in [6, 6.07) is 13.4. The Bertz CT molecular complexity index is 750. The zero-order valence-electron chi connectivity index (χ0n) is 15.1. The molecule has 0 fully saturated rings. The molecule has 0 radical (unpaired) electrons. The Morgan fingerprint density at radius 3 is 1.85 bits per heavy atom. The molecule has 0 aliphatic carbocycles. The van der Waals surface area contributed by atoms with Crippen LogP contribution in [0.15, 0.2) is 48.5 Å². The molecule has 0 atom stereocenters. The lowest BCUT2D eigenvalue weighted by Gasteiger charge is -2.25. The molecule has 0 saturated heterocycles. The third-order valence-corrected chi connectivity index (χ3v) is 3.68. The van der Waals surface area contributed by atoms with E-state index in [1.807, 2.05) is 0 Å². The van der Waals surface area contributed by atoms with Gasteiger partial charge in [-0.3, -0.25) is 4.79 Å². The third-order valence-electron chi connectivity index (χ3n) is 3.43. The van der Waals surface area contributed by atoms with E-state index in [0.717, 1.165) is 0 Å². The van der Waals surface area contributed by atoms with Gasteiger partial charge in [-0.2, -0.15) is 0 Å². The molecule has 26 heavy (non-hydrogen) atoms. The van der Waals surface area contributed by atoms with Crippen LogP contribution in [0, 0.1) is 0 Å². The minimum atomic E-state index is -1.12. The molecule has 4 nitrogen and oxygen atoms in total. The monoisotopic (exact) mass is 396 g/mol. The molecule has 2 aromatic rings. The van der Waals surface area contributed by atoms with Gasteiger partial charge in [0.1, 0.15) is 5.75 Å². The summed E-state index contributed by atoms with van der Waals surface area (Å²) in [5.74, 6) is -0.0659. The molecule has 0 spiro atoms. The average molecular weight is 397 g/mol. The highest BCUT2D eigenvalue weighted by Gasteiger charge is 2.32. The van der Waals surface area contributed by atoms with Crippen LogP contribution in [0.5, 0.6) is 5.75 Å². The minimum absolute atomic E-state index is 0. The number of ether oxygens (including phenoxy) is 2. The fourth-order valence-electron chi connectivity index (χ4n) is 2.13. The van der Waals surface area contributed by atoms with Crippen molar-refractivity contribution >= 4 is 35.8 Å². The van der Waals surface area contributed by atoms with Gasteiger partial charge < -0.3 is 9.47 Å². The predicted octanol–water partition coefficient (Wildman–Crippen LogP) is 5.10. The van der Waals surface area contributed by atoms with Crippen LogP contribution in [0.1, 0.15) is 43.6 Å². The Balaban J connectivity index is 0.00000338. The van der Waals surface area contributed by atoms with Crippen molar-refractivity contribution in [1.82, 2.24) is 0 Å². The van der Waals surface area contributed by atoms with E-state index in [9.17, 15) is 9.59 Å². The first-order valence-corrected chi connectivity index (χ1v) is 8.37. The van der Waals surface area contributed by atoms with Gasteiger partial charge >= 0.3 is 5.97 Å². The van der Waals surface area contributed by atoms with Gasteiger partial charge in [0.05, 0.1) is 6.10 Å². The number of benzene rings is 2. The van der Waals surface area contributed by atoms with Crippen molar-refractivity contribution < 1.29 is 19.1 Å². The summed E-state index contributed by atoms with van der Waals surface area (Å²) in [5, 5.41) is 0.579. The molecule has 0 bridgehead atoms. The van der Waals surface area contributed by atoms with Crippen molar-refractivity contribution in [2.24, 2.45) is 0 Å². The number of hydrogen-bond acceptors (Lipinski definition) is 4. The Hall–Kier alpha value is -2.04. The average Bonchev–Trinajstić information content (AvgIpc) is 2.54. The lowest BCUT2D eigenvalue weighted by Crippen LogP contribution is -2.40. The van der Waals surface area contributed by atoms with E-state index in [-0.39, 0.29) is 24.3 Å². The molecule has 2 aromatic carbocycles. The van der Waals surface area contributed by atoms with E-state index in [0.29, 0.717) is 21.9 Å². The second-order valence-corrected chi connectivity index (χ2v) is 6.86. The SMILES string of the molecule is CC(C)OC(=O)C(C)(C)Oc1ccc(C(=O)c2ccc(Cl)cc2)cc1.Cl. The second-order valence-electron chi connectivity index (χ2n) is 6.43. The van der Waals surface area contributed by atoms with Gasteiger partial charge in [0, 0.05) is 16.1 Å². The zero-order chi connectivity index (χ0) is 18.6. The molecule has 0 heterocycles. The molecular formula is C20H22Cl2O4. The smallest absolute Gasteiger partial charge is 0.350 e. The summed E-state index contributed by atoms with van der Waals surface area (Å²) in [6.07, 6.45) is -0.213. The zero-order valence-corrected chi connectivity index (χ0v) is 16.7. The number of hydrogen-bond donors (Lipinski definition) is 0. The van der Waals surface area contributed by atoms with E-state index < -0.39 is 11.6 Å². The van der Waals surface area contributed by atoms with E-state index in [4.69, 9.17) is 21.1 Å². The maximum Gasteiger partial charge on any atom is 0.350 e. The minimum Gasteiger partial charge on any atom is -0.476 e. The molecule has 2 rings (SSSR count). The van der Waals surface area contributed by atoms with E-state index in [1.54, 1.807) is 76.2 Å². The highest BCUT2D eigenvalue weighted by Crippen LogP contribution is 2.22. The summed E-state index contributed by atoms with van der Waals surface area (Å²) in [4.78, 5) is 24.5. The number of rotatable bonds is 6. The first kappa shape index (κ1) is 22.0. The molecule has 0 N–H and O–H groups in total. The van der Waals surface area contributed by atoms with Crippen molar-refractivity contribution in [3.8, 4) is 5.75 Å². The van der Waals surface area contributed by atoms with Crippen LogP contribution in [0.4, 0.5) is 0 Å². The van der Waals surface area contributed by atoms with Crippen molar-refractivity contribution in [1.29, 1.82) is 0 Å². The summed E-state index contributed by atoms with van der Waals surface area (Å²) in [5.41, 5.74) is -0.0393. The maximum absolute atomic E-state index is 12.4. The number of carbonyl (C=O) groups excluding carboxylic acids is 2. The van der Waals surface area contributed by atoms with Gasteiger partial charge in [-0.05, 0) is 76.2 Å². The van der Waals surface area contributed by atoms with Gasteiger partial charge in [0.2, 0.25) is 0 Å². The summed E-state index contributed by atoms with van der Waals surface area (Å²) >= 11 is 5.84. The van der Waals surface area contributed by atoms with E-state index in [1.165, 1.54) is 0 Å². The summed E-state index contributed by atoms with van der Waals surface area (Å²) in [6.45, 7) is 6.85. The molecule has 6 heteroatoms. The summed E-state index contributed by atoms with van der Waals surface area (Å²) in [7, 11) is 0. The van der Waals surface area contributed by atoms with Gasteiger partial charge in [-0.25, -0.2) is 4.79 Å². The van der Waals surface area contributed by atoms with Crippen LogP contribution in [-0.4, -0.2) is 23.5 Å². The fraction of sp³-hybridized carbons (Fsp3) is 0.300. The van der Waals surface area contributed by atoms with E-state index >= 15 is 0 Å². The molecule has 0 aliphatic rings. The molecule has 0 unspecified atom stereocenters. The molecule has 140 valence electrons. The van der Waals surface area contributed by atoms with Crippen molar-refractivity contribution in [2.75, 3.05) is 0 Å². The van der Waals surface area contributed by atoms with Crippen molar-refractivity contribution in [3.63, 3.8) is 0 Å². The Morgan fingerprint density at radius 1 is 0.923 bits per heavy atom. The topological polar surface area (TPSA) is 52.6 Å². The van der Waals surface area contributed by atoms with Crippen LogP contribution in [0.25, 0.3) is 0 Å². The largest absolute Gasteiger partial charge is 0.476 e. The number of halogens is 2. The molecular weight excluding hydrogens is 375 g/mol. The normalized spacial score (nSPS) is 10.8. The fourth-order valence-corrected chi connectivity index (χ4v) is 2.26. The molecule has 0 aromatic heterocycles. The van der Waals surface area contributed by atoms with Gasteiger partial charge in [-0.1, -0.05) is 11.6 Å². The third kappa shape index (κ3) is 5.75. The maximum atomic E-state index is 12.4. The quantitative estimate of drug-likeness (QED) is 0.503. The molecule has 0 saturated carbocycles. The highest BCUT2D eigenvalue weighted by molar-refractivity contribution is 6.30. The van der Waals surface area contributed by atoms with Crippen LogP contribution in [0.2, 0.25) is 5.02 Å². The molecule has 0 aliphatic heterocycles. The van der Waals surface area contributed by atoms with Crippen LogP contribution < -0.4 is 4.74 Å².